The quantitative estimate of drug-likeness (QED) is 0.827. The minimum Gasteiger partial charge on any atom is -0.486 e. The maximum Gasteiger partial charge on any atom is 0.257 e. The number of hydrogen-bond acceptors (Lipinski definition) is 5. The van der Waals surface area contributed by atoms with Crippen molar-refractivity contribution in [2.45, 2.75) is 25.9 Å². The maximum atomic E-state index is 12.8. The zero-order valence-corrected chi connectivity index (χ0v) is 15.1. The molecule has 0 spiro atoms. The molecule has 1 aromatic rings. The number of likely N-dealkylation sites (tertiary alicyclic amines) is 1. The lowest BCUT2D eigenvalue weighted by atomic mass is 10.0. The average Bonchev–Trinajstić information content (AvgIpc) is 2.60. The van der Waals surface area contributed by atoms with Crippen molar-refractivity contribution in [3.63, 3.8) is 0 Å². The van der Waals surface area contributed by atoms with Crippen LogP contribution in [0.15, 0.2) is 18.2 Å². The van der Waals surface area contributed by atoms with Gasteiger partial charge in [0.2, 0.25) is 0 Å². The molecule has 2 fully saturated rings. The summed E-state index contributed by atoms with van der Waals surface area (Å²) in [4.78, 5) is 19.8. The first kappa shape index (κ1) is 16.7. The lowest BCUT2D eigenvalue weighted by Crippen LogP contribution is -2.64. The van der Waals surface area contributed by atoms with E-state index in [-0.39, 0.29) is 5.91 Å². The Morgan fingerprint density at radius 1 is 1.08 bits per heavy atom. The summed E-state index contributed by atoms with van der Waals surface area (Å²) in [5.41, 5.74) is 0.625. The third-order valence-corrected chi connectivity index (χ3v) is 5.54. The molecule has 1 amide bonds. The number of rotatable bonds is 3. The summed E-state index contributed by atoms with van der Waals surface area (Å²) >= 11 is 0. The van der Waals surface area contributed by atoms with Gasteiger partial charge in [-0.15, -0.1) is 0 Å². The Bertz CT molecular complexity index is 635. The summed E-state index contributed by atoms with van der Waals surface area (Å²) in [6, 6.07) is 6.68. The third kappa shape index (κ3) is 3.20. The van der Waals surface area contributed by atoms with Gasteiger partial charge in [0.25, 0.3) is 5.91 Å². The van der Waals surface area contributed by atoms with Gasteiger partial charge in [-0.3, -0.25) is 14.6 Å². The van der Waals surface area contributed by atoms with E-state index in [1.807, 2.05) is 23.1 Å². The Balaban J connectivity index is 1.35. The Labute approximate surface area is 149 Å². The van der Waals surface area contributed by atoms with Gasteiger partial charge in [-0.2, -0.15) is 0 Å². The van der Waals surface area contributed by atoms with Crippen LogP contribution in [0.1, 0.15) is 24.2 Å². The number of carbonyl (C=O) groups is 1. The predicted molar refractivity (Wildman–Crippen MR) is 95.4 cm³/mol. The highest BCUT2D eigenvalue weighted by atomic mass is 16.6. The van der Waals surface area contributed by atoms with Crippen LogP contribution in [0.2, 0.25) is 0 Å². The molecule has 3 heterocycles. The summed E-state index contributed by atoms with van der Waals surface area (Å²) in [7, 11) is 0. The minimum absolute atomic E-state index is 0.0550. The Kier molecular flexibility index (Phi) is 4.56. The van der Waals surface area contributed by atoms with Crippen LogP contribution >= 0.6 is 0 Å². The fourth-order valence-corrected chi connectivity index (χ4v) is 3.88. The van der Waals surface area contributed by atoms with Crippen molar-refractivity contribution in [3.8, 4) is 11.5 Å². The zero-order chi connectivity index (χ0) is 17.4. The number of amides is 1. The number of hydrogen-bond donors (Lipinski definition) is 0. The number of para-hydroxylation sites is 1. The molecular weight excluding hydrogens is 318 g/mol. The van der Waals surface area contributed by atoms with Crippen molar-refractivity contribution in [1.82, 2.24) is 14.7 Å². The van der Waals surface area contributed by atoms with Crippen molar-refractivity contribution in [2.24, 2.45) is 0 Å². The van der Waals surface area contributed by atoms with Gasteiger partial charge in [-0.05, 0) is 26.0 Å². The maximum absolute atomic E-state index is 12.8. The van der Waals surface area contributed by atoms with E-state index in [2.05, 4.69) is 23.6 Å². The van der Waals surface area contributed by atoms with Crippen LogP contribution in [-0.4, -0.2) is 85.2 Å². The van der Waals surface area contributed by atoms with E-state index in [0.717, 1.165) is 39.3 Å². The highest BCUT2D eigenvalue weighted by Crippen LogP contribution is 2.35. The number of carbonyl (C=O) groups excluding carboxylic acids is 1. The molecule has 1 aromatic carbocycles. The smallest absolute Gasteiger partial charge is 0.257 e. The lowest BCUT2D eigenvalue weighted by Gasteiger charge is -2.48. The molecule has 25 heavy (non-hydrogen) atoms. The molecule has 136 valence electrons. The second-order valence-electron chi connectivity index (χ2n) is 7.36. The van der Waals surface area contributed by atoms with E-state index < -0.39 is 0 Å². The second kappa shape index (κ2) is 6.84. The zero-order valence-electron chi connectivity index (χ0n) is 15.1. The monoisotopic (exact) mass is 345 g/mol. The first-order valence-corrected chi connectivity index (χ1v) is 9.29. The van der Waals surface area contributed by atoms with Crippen LogP contribution in [0.4, 0.5) is 0 Å². The number of piperazine rings is 1. The second-order valence-corrected chi connectivity index (χ2v) is 7.36. The molecule has 3 aliphatic heterocycles. The molecule has 0 radical (unpaired) electrons. The van der Waals surface area contributed by atoms with E-state index >= 15 is 0 Å². The van der Waals surface area contributed by atoms with Crippen molar-refractivity contribution in [2.75, 3.05) is 52.5 Å². The van der Waals surface area contributed by atoms with Gasteiger partial charge >= 0.3 is 0 Å². The van der Waals surface area contributed by atoms with E-state index in [9.17, 15) is 4.79 Å². The van der Waals surface area contributed by atoms with Gasteiger partial charge in [-0.1, -0.05) is 6.07 Å². The number of fused-ring (bicyclic) bond motifs is 1. The molecular formula is C19H27N3O3. The minimum atomic E-state index is 0.0550. The molecule has 4 rings (SSSR count). The molecule has 0 bridgehead atoms. The normalized spacial score (nSPS) is 22.1. The fourth-order valence-electron chi connectivity index (χ4n) is 3.88. The molecule has 6 nitrogen and oxygen atoms in total. The summed E-state index contributed by atoms with van der Waals surface area (Å²) in [6.07, 6.45) is 0. The summed E-state index contributed by atoms with van der Waals surface area (Å²) < 4.78 is 11.3. The average molecular weight is 345 g/mol. The van der Waals surface area contributed by atoms with Crippen molar-refractivity contribution in [1.29, 1.82) is 0 Å². The van der Waals surface area contributed by atoms with E-state index in [0.29, 0.717) is 42.4 Å². The molecule has 0 saturated carbocycles. The van der Waals surface area contributed by atoms with E-state index in [1.54, 1.807) is 0 Å². The molecule has 0 unspecified atom stereocenters. The first-order valence-electron chi connectivity index (χ1n) is 9.29. The van der Waals surface area contributed by atoms with Crippen molar-refractivity contribution in [3.05, 3.63) is 23.8 Å². The SMILES string of the molecule is CC(C)N1CCN(C2CN(C(=O)c3cccc4c3OCCO4)C2)CC1. The summed E-state index contributed by atoms with van der Waals surface area (Å²) in [5.74, 6) is 1.34. The predicted octanol–water partition coefficient (Wildman–Crippen LogP) is 1.31. The third-order valence-electron chi connectivity index (χ3n) is 5.54. The van der Waals surface area contributed by atoms with Crippen molar-refractivity contribution < 1.29 is 14.3 Å². The molecule has 0 atom stereocenters. The van der Waals surface area contributed by atoms with Gasteiger partial charge in [0.15, 0.2) is 11.5 Å². The van der Waals surface area contributed by atoms with Crippen LogP contribution in [0, 0.1) is 0 Å². The highest BCUT2D eigenvalue weighted by Gasteiger charge is 2.37. The number of nitrogens with zero attached hydrogens (tertiary/aromatic N) is 3. The van der Waals surface area contributed by atoms with Crippen LogP contribution in [0.3, 0.4) is 0 Å². The van der Waals surface area contributed by atoms with E-state index in [1.165, 1.54) is 0 Å². The topological polar surface area (TPSA) is 45.2 Å². The van der Waals surface area contributed by atoms with Crippen LogP contribution in [0.25, 0.3) is 0 Å². The molecule has 0 aromatic heterocycles. The molecule has 2 saturated heterocycles. The van der Waals surface area contributed by atoms with Gasteiger partial charge in [0.1, 0.15) is 13.2 Å². The largest absolute Gasteiger partial charge is 0.486 e. The molecule has 6 heteroatoms. The van der Waals surface area contributed by atoms with Gasteiger partial charge in [0, 0.05) is 51.4 Å². The number of benzene rings is 1. The Morgan fingerprint density at radius 3 is 2.52 bits per heavy atom. The molecule has 0 N–H and O–H groups in total. The summed E-state index contributed by atoms with van der Waals surface area (Å²) in [5, 5.41) is 0. The lowest BCUT2D eigenvalue weighted by molar-refractivity contribution is 0.00288. The van der Waals surface area contributed by atoms with Gasteiger partial charge < -0.3 is 14.4 Å². The standard InChI is InChI=1S/C19H27N3O3/c1-14(2)20-6-8-21(9-7-20)15-12-22(13-15)19(23)16-4-3-5-17-18(16)25-11-10-24-17/h3-5,14-15H,6-13H2,1-2H3. The van der Waals surface area contributed by atoms with E-state index in [4.69, 9.17) is 9.47 Å². The molecule has 0 aliphatic carbocycles. The fraction of sp³-hybridized carbons (Fsp3) is 0.632. The number of ether oxygens (including phenoxy) is 2. The van der Waals surface area contributed by atoms with Gasteiger partial charge in [-0.25, -0.2) is 0 Å². The summed E-state index contributed by atoms with van der Waals surface area (Å²) in [6.45, 7) is 11.6. The highest BCUT2D eigenvalue weighted by molar-refractivity contribution is 5.98. The first-order chi connectivity index (χ1) is 12.1. The van der Waals surface area contributed by atoms with Crippen LogP contribution in [-0.2, 0) is 0 Å². The van der Waals surface area contributed by atoms with Crippen LogP contribution in [0.5, 0.6) is 11.5 Å². The molecule has 3 aliphatic rings. The Morgan fingerprint density at radius 2 is 1.80 bits per heavy atom. The van der Waals surface area contributed by atoms with Crippen molar-refractivity contribution >= 4 is 5.91 Å². The van der Waals surface area contributed by atoms with Gasteiger partial charge in [0.05, 0.1) is 5.56 Å². The van der Waals surface area contributed by atoms with Crippen LogP contribution < -0.4 is 9.47 Å². The Hall–Kier alpha value is -1.79.